The Morgan fingerprint density at radius 3 is 1.90 bits per heavy atom. The van der Waals surface area contributed by atoms with Crippen LogP contribution < -0.4 is 4.90 Å². The number of benzene rings is 9. The molecule has 2 aromatic heterocycles. The molecule has 0 bridgehead atoms. The summed E-state index contributed by atoms with van der Waals surface area (Å²) in [5.41, 5.74) is 8.44. The van der Waals surface area contributed by atoms with Gasteiger partial charge >= 0.3 is 0 Å². The van der Waals surface area contributed by atoms with E-state index in [0.29, 0.717) is 0 Å². The van der Waals surface area contributed by atoms with Crippen LogP contribution in [0.25, 0.3) is 81.7 Å². The molecule has 0 unspecified atom stereocenters. The van der Waals surface area contributed by atoms with Gasteiger partial charge in [0.25, 0.3) is 0 Å². The van der Waals surface area contributed by atoms with Crippen LogP contribution in [0.3, 0.4) is 0 Å². The van der Waals surface area contributed by atoms with Crippen LogP contribution in [0.2, 0.25) is 0 Å². The average molecular weight is 651 g/mol. The highest BCUT2D eigenvalue weighted by atomic mass is 16.3. The first-order valence-electron chi connectivity index (χ1n) is 17.4. The fourth-order valence-electron chi connectivity index (χ4n) is 8.31. The molecule has 0 saturated carbocycles. The highest BCUT2D eigenvalue weighted by Gasteiger charge is 2.24. The highest BCUT2D eigenvalue weighted by molar-refractivity contribution is 6.23. The molecule has 0 aliphatic heterocycles. The number of nitrogens with zero attached hydrogens (tertiary/aromatic N) is 2. The van der Waals surface area contributed by atoms with Crippen molar-refractivity contribution in [3.8, 4) is 5.69 Å². The summed E-state index contributed by atoms with van der Waals surface area (Å²) in [5, 5.41) is 12.0. The minimum atomic E-state index is 0.866. The number of para-hydroxylation sites is 4. The summed E-state index contributed by atoms with van der Waals surface area (Å²) in [6.45, 7) is 0. The van der Waals surface area contributed by atoms with Gasteiger partial charge in [-0.3, -0.25) is 0 Å². The van der Waals surface area contributed by atoms with Crippen LogP contribution in [0.1, 0.15) is 0 Å². The Balaban J connectivity index is 1.31. The SMILES string of the molecule is c1ccc(-n2c3ccccc3c3cccc(N(c4ccc5c(c4)oc4ccccc45)c4cc5c6ccccc6ccc5c5ccccc45)c32)cc1. The molecule has 3 nitrogen and oxygen atoms in total. The number of rotatable bonds is 4. The summed E-state index contributed by atoms with van der Waals surface area (Å²) >= 11 is 0. The summed E-state index contributed by atoms with van der Waals surface area (Å²) in [6, 6.07) is 65.6. The van der Waals surface area contributed by atoms with E-state index >= 15 is 0 Å². The minimum absolute atomic E-state index is 0.866. The lowest BCUT2D eigenvalue weighted by Crippen LogP contribution is -2.12. The maximum Gasteiger partial charge on any atom is 0.137 e. The summed E-state index contributed by atoms with van der Waals surface area (Å²) in [6.07, 6.45) is 0. The Morgan fingerprint density at radius 2 is 1.02 bits per heavy atom. The van der Waals surface area contributed by atoms with Crippen molar-refractivity contribution in [3.05, 3.63) is 182 Å². The second-order valence-electron chi connectivity index (χ2n) is 13.3. The van der Waals surface area contributed by atoms with Crippen LogP contribution in [-0.2, 0) is 0 Å². The third-order valence-corrected chi connectivity index (χ3v) is 10.5. The maximum atomic E-state index is 6.53. The van der Waals surface area contributed by atoms with Crippen LogP contribution in [-0.4, -0.2) is 4.57 Å². The molecular weight excluding hydrogens is 621 g/mol. The zero-order chi connectivity index (χ0) is 33.5. The molecule has 3 heteroatoms. The number of aromatic nitrogens is 1. The van der Waals surface area contributed by atoms with E-state index in [-0.39, 0.29) is 0 Å². The lowest BCUT2D eigenvalue weighted by molar-refractivity contribution is 0.669. The first-order valence-corrected chi connectivity index (χ1v) is 17.4. The summed E-state index contributed by atoms with van der Waals surface area (Å²) in [4.78, 5) is 2.46. The zero-order valence-corrected chi connectivity index (χ0v) is 27.6. The van der Waals surface area contributed by atoms with Crippen LogP contribution in [0, 0.1) is 0 Å². The lowest BCUT2D eigenvalue weighted by Gasteiger charge is -2.29. The van der Waals surface area contributed by atoms with Crippen molar-refractivity contribution in [2.75, 3.05) is 4.90 Å². The Labute approximate surface area is 293 Å². The van der Waals surface area contributed by atoms with Gasteiger partial charge in [0.1, 0.15) is 11.2 Å². The fourth-order valence-corrected chi connectivity index (χ4v) is 8.31. The molecule has 0 fully saturated rings. The average Bonchev–Trinajstić information content (AvgIpc) is 3.74. The van der Waals surface area contributed by atoms with Gasteiger partial charge < -0.3 is 13.9 Å². The van der Waals surface area contributed by atoms with E-state index < -0.39 is 0 Å². The molecule has 0 saturated heterocycles. The quantitative estimate of drug-likeness (QED) is 0.177. The standard InChI is InChI=1S/C48H30N2O/c1-2-14-32(15-3-1)50-43-22-10-8-19-38(43)41-21-12-23-44(48(41)50)49(33-26-28-40-39-20-9-11-24-46(39)51-47(40)29-33)45-30-42-34-16-5-4-13-31(34)25-27-36(42)35-17-6-7-18-37(35)45/h1-30H. The smallest absolute Gasteiger partial charge is 0.137 e. The second kappa shape index (κ2) is 10.8. The van der Waals surface area contributed by atoms with E-state index in [1.54, 1.807) is 0 Å². The Morgan fingerprint density at radius 1 is 0.373 bits per heavy atom. The van der Waals surface area contributed by atoms with E-state index in [1.165, 1.54) is 48.6 Å². The van der Waals surface area contributed by atoms with Gasteiger partial charge in [-0.1, -0.05) is 127 Å². The fraction of sp³-hybridized carbons (Fsp3) is 0. The monoisotopic (exact) mass is 650 g/mol. The third-order valence-electron chi connectivity index (χ3n) is 10.5. The van der Waals surface area contributed by atoms with Crippen LogP contribution in [0.4, 0.5) is 17.1 Å². The third kappa shape index (κ3) is 4.12. The van der Waals surface area contributed by atoms with Crippen molar-refractivity contribution in [3.63, 3.8) is 0 Å². The number of hydrogen-bond acceptors (Lipinski definition) is 2. The molecule has 0 amide bonds. The Hall–Kier alpha value is -6.84. The number of hydrogen-bond donors (Lipinski definition) is 0. The first kappa shape index (κ1) is 28.0. The molecule has 238 valence electrons. The predicted octanol–water partition coefficient (Wildman–Crippen LogP) is 13.6. The molecule has 0 N–H and O–H groups in total. The number of fused-ring (bicyclic) bond motifs is 11. The summed E-state index contributed by atoms with van der Waals surface area (Å²) in [5.74, 6) is 0. The van der Waals surface area contributed by atoms with Gasteiger partial charge in [-0.25, -0.2) is 0 Å². The Bertz CT molecular complexity index is 3150. The van der Waals surface area contributed by atoms with Crippen molar-refractivity contribution >= 4 is 93.1 Å². The van der Waals surface area contributed by atoms with Crippen molar-refractivity contribution in [2.24, 2.45) is 0 Å². The largest absolute Gasteiger partial charge is 0.456 e. The molecule has 0 aliphatic carbocycles. The topological polar surface area (TPSA) is 21.3 Å². The van der Waals surface area contributed by atoms with Gasteiger partial charge in [-0.2, -0.15) is 0 Å². The number of furan rings is 1. The molecule has 9 aromatic carbocycles. The molecule has 0 spiro atoms. The Kier molecular flexibility index (Phi) is 5.96. The second-order valence-corrected chi connectivity index (χ2v) is 13.3. The van der Waals surface area contributed by atoms with Crippen molar-refractivity contribution in [2.45, 2.75) is 0 Å². The molecule has 11 rings (SSSR count). The molecule has 0 radical (unpaired) electrons. The highest BCUT2D eigenvalue weighted by Crippen LogP contribution is 2.48. The summed E-state index contributed by atoms with van der Waals surface area (Å²) in [7, 11) is 0. The van der Waals surface area contributed by atoms with Crippen LogP contribution in [0.5, 0.6) is 0 Å². The predicted molar refractivity (Wildman–Crippen MR) is 215 cm³/mol. The molecular formula is C48H30N2O. The van der Waals surface area contributed by atoms with Crippen molar-refractivity contribution in [1.29, 1.82) is 0 Å². The van der Waals surface area contributed by atoms with E-state index in [9.17, 15) is 0 Å². The molecule has 0 aliphatic rings. The number of anilines is 3. The van der Waals surface area contributed by atoms with Gasteiger partial charge in [-0.15, -0.1) is 0 Å². The normalized spacial score (nSPS) is 11.9. The minimum Gasteiger partial charge on any atom is -0.456 e. The first-order chi connectivity index (χ1) is 25.3. The van der Waals surface area contributed by atoms with Crippen LogP contribution >= 0.6 is 0 Å². The molecule has 11 aromatic rings. The molecule has 2 heterocycles. The zero-order valence-electron chi connectivity index (χ0n) is 27.6. The van der Waals surface area contributed by atoms with E-state index in [4.69, 9.17) is 4.42 Å². The summed E-state index contributed by atoms with van der Waals surface area (Å²) < 4.78 is 8.95. The lowest BCUT2D eigenvalue weighted by atomic mass is 9.95. The van der Waals surface area contributed by atoms with Crippen molar-refractivity contribution in [1.82, 2.24) is 4.57 Å². The van der Waals surface area contributed by atoms with Gasteiger partial charge in [-0.05, 0) is 75.5 Å². The van der Waals surface area contributed by atoms with Gasteiger partial charge in [0.05, 0.1) is 22.4 Å². The van der Waals surface area contributed by atoms with Crippen LogP contribution in [0.15, 0.2) is 186 Å². The van der Waals surface area contributed by atoms with Crippen molar-refractivity contribution < 1.29 is 4.42 Å². The molecule has 0 atom stereocenters. The van der Waals surface area contributed by atoms with Gasteiger partial charge in [0.15, 0.2) is 0 Å². The van der Waals surface area contributed by atoms with E-state index in [2.05, 4.69) is 179 Å². The van der Waals surface area contributed by atoms with Gasteiger partial charge in [0.2, 0.25) is 0 Å². The molecule has 51 heavy (non-hydrogen) atoms. The van der Waals surface area contributed by atoms with Gasteiger partial charge in [0, 0.05) is 44.4 Å². The maximum absolute atomic E-state index is 6.53. The van der Waals surface area contributed by atoms with E-state index in [1.807, 2.05) is 12.1 Å². The van der Waals surface area contributed by atoms with E-state index in [0.717, 1.165) is 50.2 Å².